The fourth-order valence-corrected chi connectivity index (χ4v) is 5.17. The molecular formula is C29H36N4O4. The van der Waals surface area contributed by atoms with Gasteiger partial charge >= 0.3 is 5.97 Å². The van der Waals surface area contributed by atoms with E-state index in [-0.39, 0.29) is 30.7 Å². The summed E-state index contributed by atoms with van der Waals surface area (Å²) in [5.74, 6) is -0.434. The molecule has 196 valence electrons. The van der Waals surface area contributed by atoms with Gasteiger partial charge in [0, 0.05) is 0 Å². The lowest BCUT2D eigenvalue weighted by Gasteiger charge is -2.38. The Hall–Kier alpha value is -3.65. The molecule has 37 heavy (non-hydrogen) atoms. The number of aromatic nitrogens is 2. The van der Waals surface area contributed by atoms with Gasteiger partial charge in [-0.3, -0.25) is 4.79 Å². The molecule has 1 unspecified atom stereocenters. The molecule has 4 rings (SSSR count). The number of fused-ring (bicyclic) bond motifs is 1. The van der Waals surface area contributed by atoms with E-state index in [0.717, 1.165) is 23.4 Å². The van der Waals surface area contributed by atoms with Crippen LogP contribution in [0.15, 0.2) is 60.8 Å². The number of benzene rings is 2. The summed E-state index contributed by atoms with van der Waals surface area (Å²) < 4.78 is 7.12. The summed E-state index contributed by atoms with van der Waals surface area (Å²) in [7, 11) is 0. The van der Waals surface area contributed by atoms with E-state index < -0.39 is 11.5 Å². The van der Waals surface area contributed by atoms with Crippen LogP contribution in [-0.4, -0.2) is 33.4 Å². The number of nitrogens with one attached hydrogen (secondary N) is 2. The molecule has 0 fully saturated rings. The molecule has 2 aromatic carbocycles. The Morgan fingerprint density at radius 3 is 2.43 bits per heavy atom. The maximum Gasteiger partial charge on any atom is 0.329 e. The van der Waals surface area contributed by atoms with Crippen molar-refractivity contribution in [2.75, 3.05) is 11.9 Å². The molecule has 0 spiro atoms. The number of aliphatic carboxylic acids is 1. The first-order valence-corrected chi connectivity index (χ1v) is 12.8. The Balaban J connectivity index is 1.57. The number of carboxylic acid groups (broad SMARTS) is 1. The van der Waals surface area contributed by atoms with Crippen LogP contribution in [0.3, 0.4) is 0 Å². The van der Waals surface area contributed by atoms with E-state index in [1.807, 2.05) is 47.1 Å². The second kappa shape index (κ2) is 10.8. The van der Waals surface area contributed by atoms with Gasteiger partial charge in [-0.05, 0) is 49.8 Å². The fourth-order valence-electron chi connectivity index (χ4n) is 5.17. The first-order chi connectivity index (χ1) is 17.7. The zero-order valence-corrected chi connectivity index (χ0v) is 22.0. The van der Waals surface area contributed by atoms with Crippen LogP contribution in [0.1, 0.15) is 80.0 Å². The molecule has 1 amide bonds. The molecule has 1 aliphatic heterocycles. The van der Waals surface area contributed by atoms with E-state index in [0.29, 0.717) is 18.4 Å². The van der Waals surface area contributed by atoms with E-state index in [9.17, 15) is 9.59 Å². The number of ether oxygens (including phenoxy) is 1. The summed E-state index contributed by atoms with van der Waals surface area (Å²) in [4.78, 5) is 24.4. The van der Waals surface area contributed by atoms with Crippen molar-refractivity contribution in [1.82, 2.24) is 15.1 Å². The lowest BCUT2D eigenvalue weighted by atomic mass is 9.84. The quantitative estimate of drug-likeness (QED) is 0.350. The Morgan fingerprint density at radius 2 is 1.81 bits per heavy atom. The van der Waals surface area contributed by atoms with Gasteiger partial charge in [0.25, 0.3) is 5.91 Å². The predicted octanol–water partition coefficient (Wildman–Crippen LogP) is 5.22. The maximum atomic E-state index is 13.7. The van der Waals surface area contributed by atoms with Gasteiger partial charge in [-0.15, -0.1) is 0 Å². The highest BCUT2D eigenvalue weighted by molar-refractivity contribution is 5.99. The number of rotatable bonds is 10. The van der Waals surface area contributed by atoms with Crippen molar-refractivity contribution in [2.24, 2.45) is 0 Å². The van der Waals surface area contributed by atoms with Crippen LogP contribution in [0.4, 0.5) is 5.82 Å². The van der Waals surface area contributed by atoms with Gasteiger partial charge < -0.3 is 20.5 Å². The molecule has 8 heteroatoms. The van der Waals surface area contributed by atoms with Gasteiger partial charge in [0.15, 0.2) is 0 Å². The van der Waals surface area contributed by atoms with Gasteiger partial charge in [-0.1, -0.05) is 68.4 Å². The standard InChI is InChI=1S/C29H36N4O4/c1-5-29(6-2,22-14-12-20(13-15-22)18-37-19-25(34)35)32-27(36)23-17-30-33-26(23)31-24(16-28(33,3)4)21-10-8-7-9-11-21/h7-15,17,24,31H,5-6,16,18-19H2,1-4H3,(H,32,36)(H,34,35). The summed E-state index contributed by atoms with van der Waals surface area (Å²) >= 11 is 0. The summed E-state index contributed by atoms with van der Waals surface area (Å²) in [6.45, 7) is 8.30. The van der Waals surface area contributed by atoms with Crippen LogP contribution in [0.2, 0.25) is 0 Å². The smallest absolute Gasteiger partial charge is 0.329 e. The Kier molecular flexibility index (Phi) is 7.68. The van der Waals surface area contributed by atoms with Crippen LogP contribution in [0.25, 0.3) is 0 Å². The molecule has 0 radical (unpaired) electrons. The highest BCUT2D eigenvalue weighted by Crippen LogP contribution is 2.40. The van der Waals surface area contributed by atoms with E-state index in [4.69, 9.17) is 9.84 Å². The van der Waals surface area contributed by atoms with Gasteiger partial charge in [0.05, 0.1) is 29.9 Å². The van der Waals surface area contributed by atoms with Crippen molar-refractivity contribution >= 4 is 17.7 Å². The Labute approximate surface area is 218 Å². The van der Waals surface area contributed by atoms with Gasteiger partial charge in [0.2, 0.25) is 0 Å². The van der Waals surface area contributed by atoms with Gasteiger partial charge in [-0.2, -0.15) is 5.10 Å². The average Bonchev–Trinajstić information content (AvgIpc) is 3.33. The number of carboxylic acids is 1. The van der Waals surface area contributed by atoms with Crippen molar-refractivity contribution in [3.8, 4) is 0 Å². The monoisotopic (exact) mass is 504 g/mol. The second-order valence-corrected chi connectivity index (χ2v) is 10.3. The van der Waals surface area contributed by atoms with Crippen LogP contribution >= 0.6 is 0 Å². The highest BCUT2D eigenvalue weighted by atomic mass is 16.5. The molecule has 1 atom stereocenters. The number of nitrogens with zero attached hydrogens (tertiary/aromatic N) is 2. The highest BCUT2D eigenvalue weighted by Gasteiger charge is 2.38. The van der Waals surface area contributed by atoms with Gasteiger partial charge in [-0.25, -0.2) is 9.48 Å². The second-order valence-electron chi connectivity index (χ2n) is 10.3. The zero-order valence-electron chi connectivity index (χ0n) is 22.0. The first-order valence-electron chi connectivity index (χ1n) is 12.8. The summed E-state index contributed by atoms with van der Waals surface area (Å²) in [6.07, 6.45) is 3.92. The average molecular weight is 505 g/mol. The number of carbonyl (C=O) groups is 2. The molecule has 0 bridgehead atoms. The molecule has 2 heterocycles. The van der Waals surface area contributed by atoms with Crippen molar-refractivity contribution in [3.63, 3.8) is 0 Å². The van der Waals surface area contributed by atoms with E-state index in [1.54, 1.807) is 6.20 Å². The first kappa shape index (κ1) is 26.4. The Morgan fingerprint density at radius 1 is 1.14 bits per heavy atom. The third-order valence-electron chi connectivity index (χ3n) is 7.36. The zero-order chi connectivity index (χ0) is 26.6. The lowest BCUT2D eigenvalue weighted by molar-refractivity contribution is -0.142. The van der Waals surface area contributed by atoms with E-state index in [2.05, 4.69) is 55.6 Å². The maximum absolute atomic E-state index is 13.7. The van der Waals surface area contributed by atoms with Gasteiger partial charge in [0.1, 0.15) is 18.0 Å². The molecule has 3 aromatic rings. The predicted molar refractivity (Wildman–Crippen MR) is 142 cm³/mol. The van der Waals surface area contributed by atoms with E-state index in [1.165, 1.54) is 5.56 Å². The molecule has 0 saturated heterocycles. The third kappa shape index (κ3) is 5.54. The van der Waals surface area contributed by atoms with Crippen molar-refractivity contribution in [2.45, 2.75) is 70.7 Å². The largest absolute Gasteiger partial charge is 0.480 e. The molecular weight excluding hydrogens is 468 g/mol. The van der Waals surface area contributed by atoms with Crippen molar-refractivity contribution < 1.29 is 19.4 Å². The van der Waals surface area contributed by atoms with Crippen LogP contribution in [0, 0.1) is 0 Å². The molecule has 0 saturated carbocycles. The summed E-state index contributed by atoms with van der Waals surface area (Å²) in [6, 6.07) is 18.1. The number of carbonyl (C=O) groups excluding carboxylic acids is 1. The Bertz CT molecular complexity index is 1230. The fraction of sp³-hybridized carbons (Fsp3) is 0.414. The van der Waals surface area contributed by atoms with Crippen molar-refractivity contribution in [1.29, 1.82) is 0 Å². The topological polar surface area (TPSA) is 105 Å². The minimum atomic E-state index is -0.995. The minimum absolute atomic E-state index is 0.0740. The molecule has 3 N–H and O–H groups in total. The summed E-state index contributed by atoms with van der Waals surface area (Å²) in [5.41, 5.74) is 2.75. The van der Waals surface area contributed by atoms with Crippen LogP contribution in [-0.2, 0) is 27.2 Å². The van der Waals surface area contributed by atoms with Crippen LogP contribution in [0.5, 0.6) is 0 Å². The molecule has 1 aromatic heterocycles. The molecule has 0 aliphatic carbocycles. The number of hydrogen-bond donors (Lipinski definition) is 3. The molecule has 8 nitrogen and oxygen atoms in total. The summed E-state index contributed by atoms with van der Waals surface area (Å²) in [5, 5.41) is 20.3. The number of hydrogen-bond acceptors (Lipinski definition) is 5. The van der Waals surface area contributed by atoms with E-state index >= 15 is 0 Å². The van der Waals surface area contributed by atoms with Crippen LogP contribution < -0.4 is 10.6 Å². The normalized spacial score (nSPS) is 16.5. The number of amides is 1. The number of anilines is 1. The molecule has 1 aliphatic rings. The van der Waals surface area contributed by atoms with Crippen molar-refractivity contribution in [3.05, 3.63) is 83.0 Å². The lowest BCUT2D eigenvalue weighted by Crippen LogP contribution is -2.45. The SMILES string of the molecule is CCC(CC)(NC(=O)c1cnn2c1NC(c1ccccc1)CC2(C)C)c1ccc(COCC(=O)O)cc1. The third-order valence-corrected chi connectivity index (χ3v) is 7.36. The minimum Gasteiger partial charge on any atom is -0.480 e.